The minimum Gasteiger partial charge on any atom is -0.481 e. The van der Waals surface area contributed by atoms with Crippen molar-refractivity contribution in [2.75, 3.05) is 0 Å². The van der Waals surface area contributed by atoms with Gasteiger partial charge in [-0.3, -0.25) is 9.59 Å². The van der Waals surface area contributed by atoms with Crippen molar-refractivity contribution in [3.8, 4) is 0 Å². The average Bonchev–Trinajstić information content (AvgIpc) is 2.96. The molecule has 2 rings (SSSR count). The van der Waals surface area contributed by atoms with E-state index in [1.807, 2.05) is 0 Å². The second-order valence-electron chi connectivity index (χ2n) is 5.29. The first-order valence-corrected chi connectivity index (χ1v) is 5.94. The highest BCUT2D eigenvalue weighted by atomic mass is 35.5. The largest absolute Gasteiger partial charge is 0.481 e. The molecule has 20 heavy (non-hydrogen) atoms. The average molecular weight is 309 g/mol. The summed E-state index contributed by atoms with van der Waals surface area (Å²) in [6.45, 7) is 1.40. The van der Waals surface area contributed by atoms with Crippen LogP contribution in [0.4, 0.5) is 0 Å². The fraction of sp³-hybridized carbons (Fsp3) is 0.727. The third-order valence-corrected chi connectivity index (χ3v) is 4.05. The Balaban J connectivity index is 0.00000200. The molecular formula is C11H17ClN2O6. The second-order valence-corrected chi connectivity index (χ2v) is 5.29. The molecule has 6 N–H and O–H groups in total. The number of nitrogens with two attached hydrogens (primary N) is 1. The van der Waals surface area contributed by atoms with Gasteiger partial charge < -0.3 is 26.4 Å². The van der Waals surface area contributed by atoms with Crippen LogP contribution in [0.15, 0.2) is 0 Å². The van der Waals surface area contributed by atoms with Crippen molar-refractivity contribution < 1.29 is 29.7 Å². The lowest BCUT2D eigenvalue weighted by atomic mass is 9.89. The predicted molar refractivity (Wildman–Crippen MR) is 68.1 cm³/mol. The Kier molecular flexibility index (Phi) is 4.33. The number of fused-ring (bicyclic) bond motifs is 1. The van der Waals surface area contributed by atoms with E-state index in [4.69, 9.17) is 10.8 Å². The molecule has 0 heterocycles. The first kappa shape index (κ1) is 16.7. The molecule has 114 valence electrons. The molecule has 1 unspecified atom stereocenters. The van der Waals surface area contributed by atoms with Crippen LogP contribution in [0, 0.1) is 17.8 Å². The lowest BCUT2D eigenvalue weighted by Crippen LogP contribution is -2.59. The number of hydrogen-bond acceptors (Lipinski definition) is 5. The smallest absolute Gasteiger partial charge is 0.329 e. The molecule has 8 nitrogen and oxygen atoms in total. The zero-order valence-corrected chi connectivity index (χ0v) is 11.5. The van der Waals surface area contributed by atoms with Gasteiger partial charge in [-0.2, -0.15) is 0 Å². The van der Waals surface area contributed by atoms with Crippen molar-refractivity contribution in [2.45, 2.75) is 31.0 Å². The van der Waals surface area contributed by atoms with E-state index < -0.39 is 53.3 Å². The number of halogens is 1. The van der Waals surface area contributed by atoms with E-state index in [-0.39, 0.29) is 18.8 Å². The molecule has 6 atom stereocenters. The van der Waals surface area contributed by atoms with Gasteiger partial charge in [-0.15, -0.1) is 12.4 Å². The van der Waals surface area contributed by atoms with Crippen LogP contribution in [-0.4, -0.2) is 50.9 Å². The van der Waals surface area contributed by atoms with Crippen molar-refractivity contribution in [3.63, 3.8) is 0 Å². The van der Waals surface area contributed by atoms with E-state index in [1.54, 1.807) is 0 Å². The third kappa shape index (κ3) is 2.23. The van der Waals surface area contributed by atoms with Crippen LogP contribution in [0.2, 0.25) is 0 Å². The summed E-state index contributed by atoms with van der Waals surface area (Å²) in [6.07, 6.45) is -1.24. The van der Waals surface area contributed by atoms with E-state index in [1.165, 1.54) is 6.92 Å². The Hall–Kier alpha value is -1.38. The highest BCUT2D eigenvalue weighted by Crippen LogP contribution is 2.62. The number of carboxylic acids is 2. The topological polar surface area (TPSA) is 150 Å². The van der Waals surface area contributed by atoms with Crippen LogP contribution in [0.25, 0.3) is 0 Å². The number of carboxylic acid groups (broad SMARTS) is 2. The maximum Gasteiger partial charge on any atom is 0.329 e. The lowest BCUT2D eigenvalue weighted by molar-refractivity contribution is -0.150. The van der Waals surface area contributed by atoms with Gasteiger partial charge in [-0.05, 0) is 6.92 Å². The number of aliphatic hydroxyl groups is 1. The Morgan fingerprint density at radius 2 is 1.90 bits per heavy atom. The van der Waals surface area contributed by atoms with Crippen LogP contribution >= 0.6 is 12.4 Å². The van der Waals surface area contributed by atoms with Gasteiger partial charge >= 0.3 is 11.9 Å². The molecule has 2 fully saturated rings. The van der Waals surface area contributed by atoms with Crippen LogP contribution in [0.3, 0.4) is 0 Å². The van der Waals surface area contributed by atoms with E-state index in [0.29, 0.717) is 0 Å². The molecule has 0 aliphatic heterocycles. The van der Waals surface area contributed by atoms with Crippen LogP contribution < -0.4 is 11.1 Å². The van der Waals surface area contributed by atoms with E-state index in [9.17, 15) is 24.6 Å². The van der Waals surface area contributed by atoms with Crippen LogP contribution in [-0.2, 0) is 14.4 Å². The van der Waals surface area contributed by atoms with Gasteiger partial charge in [-0.1, -0.05) is 0 Å². The summed E-state index contributed by atoms with van der Waals surface area (Å²) in [5.41, 5.74) is 3.64. The number of aliphatic carboxylic acids is 2. The molecule has 0 radical (unpaired) electrons. The zero-order valence-electron chi connectivity index (χ0n) is 10.6. The number of amides is 1. The van der Waals surface area contributed by atoms with Gasteiger partial charge in [0.15, 0.2) is 0 Å². The lowest BCUT2D eigenvalue weighted by Gasteiger charge is -2.30. The normalized spacial score (nSPS) is 39.1. The number of carbonyl (C=O) groups is 3. The summed E-state index contributed by atoms with van der Waals surface area (Å²) in [6, 6.07) is -0.908. The predicted octanol–water partition coefficient (Wildman–Crippen LogP) is -1.59. The van der Waals surface area contributed by atoms with Gasteiger partial charge in [0.1, 0.15) is 5.54 Å². The van der Waals surface area contributed by atoms with Gasteiger partial charge in [-0.25, -0.2) is 4.79 Å². The number of rotatable bonds is 4. The summed E-state index contributed by atoms with van der Waals surface area (Å²) in [5, 5.41) is 30.4. The highest BCUT2D eigenvalue weighted by Gasteiger charge is 2.75. The third-order valence-electron chi connectivity index (χ3n) is 4.05. The fourth-order valence-electron chi connectivity index (χ4n) is 3.12. The first-order valence-electron chi connectivity index (χ1n) is 5.94. The quantitative estimate of drug-likeness (QED) is 0.420. The van der Waals surface area contributed by atoms with Crippen molar-refractivity contribution in [1.82, 2.24) is 5.32 Å². The molecule has 9 heteroatoms. The van der Waals surface area contributed by atoms with Gasteiger partial charge in [0.05, 0.1) is 18.1 Å². The Bertz CT molecular complexity index is 456. The monoisotopic (exact) mass is 308 g/mol. The summed E-state index contributed by atoms with van der Waals surface area (Å²) in [4.78, 5) is 34.1. The number of nitrogens with one attached hydrogen (secondary N) is 1. The molecule has 2 aliphatic rings. The van der Waals surface area contributed by atoms with Crippen molar-refractivity contribution >= 4 is 30.3 Å². The summed E-state index contributed by atoms with van der Waals surface area (Å²) < 4.78 is 0. The highest BCUT2D eigenvalue weighted by molar-refractivity contribution is 5.92. The molecular weight excluding hydrogens is 292 g/mol. The Labute approximate surface area is 120 Å². The summed E-state index contributed by atoms with van der Waals surface area (Å²) >= 11 is 0. The van der Waals surface area contributed by atoms with Crippen molar-refractivity contribution in [2.24, 2.45) is 23.5 Å². The standard InChI is InChI=1S/C11H16N2O6.ClH/c1-3(12)8(15)13-11(10(18)19)2-4(14)5-6(7(5)11)9(16)17;/h3-7,14H,2,12H2,1H3,(H,13,15)(H,16,17)(H,18,19);1H/t3-,4-,5?,6-,7-,11-;/m0./s1. The maximum absolute atomic E-state index is 11.6. The molecule has 0 saturated heterocycles. The number of aliphatic hydroxyl groups excluding tert-OH is 1. The van der Waals surface area contributed by atoms with Crippen LogP contribution in [0.5, 0.6) is 0 Å². The fourth-order valence-corrected chi connectivity index (χ4v) is 3.12. The zero-order chi connectivity index (χ0) is 14.5. The van der Waals surface area contributed by atoms with Crippen molar-refractivity contribution in [3.05, 3.63) is 0 Å². The van der Waals surface area contributed by atoms with E-state index in [2.05, 4.69) is 5.32 Å². The molecule has 0 aromatic rings. The molecule has 2 saturated carbocycles. The molecule has 2 aliphatic carbocycles. The first-order chi connectivity index (χ1) is 8.72. The minimum atomic E-state index is -1.74. The van der Waals surface area contributed by atoms with Gasteiger partial charge in [0, 0.05) is 18.3 Å². The Morgan fingerprint density at radius 3 is 2.25 bits per heavy atom. The second kappa shape index (κ2) is 5.19. The van der Waals surface area contributed by atoms with Crippen LogP contribution in [0.1, 0.15) is 13.3 Å². The molecule has 0 bridgehead atoms. The van der Waals surface area contributed by atoms with E-state index >= 15 is 0 Å². The van der Waals surface area contributed by atoms with Gasteiger partial charge in [0.2, 0.25) is 5.91 Å². The summed E-state index contributed by atoms with van der Waals surface area (Å²) in [5.74, 6) is -5.52. The van der Waals surface area contributed by atoms with E-state index in [0.717, 1.165) is 0 Å². The number of carbonyl (C=O) groups excluding carboxylic acids is 1. The maximum atomic E-state index is 11.6. The molecule has 0 spiro atoms. The SMILES string of the molecule is C[C@H](N)C(=O)N[C@@]1(C(=O)O)C[C@H](O)C2[C@H](C(=O)O)[C@H]21.Cl. The van der Waals surface area contributed by atoms with Gasteiger partial charge in [0.25, 0.3) is 0 Å². The molecule has 1 amide bonds. The Morgan fingerprint density at radius 1 is 1.35 bits per heavy atom. The summed E-state index contributed by atoms with van der Waals surface area (Å²) in [7, 11) is 0. The molecule has 0 aromatic heterocycles. The van der Waals surface area contributed by atoms with Crippen molar-refractivity contribution in [1.29, 1.82) is 0 Å². The minimum absolute atomic E-state index is 0. The molecule has 0 aromatic carbocycles. The number of hydrogen-bond donors (Lipinski definition) is 5.